The number of halogens is 3. The highest BCUT2D eigenvalue weighted by atomic mass is 19.4. The zero-order valence-electron chi connectivity index (χ0n) is 16.8. The molecule has 0 atom stereocenters. The number of pyridine rings is 3. The van der Waals surface area contributed by atoms with Crippen molar-refractivity contribution in [2.24, 2.45) is 0 Å². The highest BCUT2D eigenvalue weighted by molar-refractivity contribution is 5.92. The number of alkyl halides is 3. The number of H-pyrrole nitrogens is 1. The molecule has 0 fully saturated rings. The Hall–Kier alpha value is -4.41. The van der Waals surface area contributed by atoms with Gasteiger partial charge in [0.1, 0.15) is 11.4 Å². The van der Waals surface area contributed by atoms with Crippen LogP contribution in [0.4, 0.5) is 13.2 Å². The van der Waals surface area contributed by atoms with Gasteiger partial charge in [-0.2, -0.15) is 13.2 Å². The molecule has 0 aromatic carbocycles. The lowest BCUT2D eigenvalue weighted by Crippen LogP contribution is -2.25. The molecule has 1 amide bonds. The quantitative estimate of drug-likeness (QED) is 0.481. The zero-order valence-corrected chi connectivity index (χ0v) is 16.8. The van der Waals surface area contributed by atoms with Gasteiger partial charge in [-0.15, -0.1) is 0 Å². The standard InChI is InChI=1S/C22H15F3N6O2/c23-22(24,25)18-9-13(3-5-28-18)19-15(4-6-29-21(19)33)11-31-20(32)16-2-1-14(10-30-16)17-12-26-7-8-27-17/h1-10,12H,11H2,(H,29,33)(H,31,32). The molecule has 0 aliphatic rings. The molecule has 8 nitrogen and oxygen atoms in total. The number of hydrogen-bond acceptors (Lipinski definition) is 6. The highest BCUT2D eigenvalue weighted by Crippen LogP contribution is 2.30. The van der Waals surface area contributed by atoms with Gasteiger partial charge in [0.05, 0.1) is 17.5 Å². The van der Waals surface area contributed by atoms with Crippen LogP contribution in [0, 0.1) is 0 Å². The number of carbonyl (C=O) groups excluding carboxylic acids is 1. The van der Waals surface area contributed by atoms with Crippen molar-refractivity contribution in [1.82, 2.24) is 30.2 Å². The summed E-state index contributed by atoms with van der Waals surface area (Å²) >= 11 is 0. The lowest BCUT2D eigenvalue weighted by atomic mass is 10.0. The zero-order chi connectivity index (χ0) is 23.4. The van der Waals surface area contributed by atoms with E-state index in [0.29, 0.717) is 16.8 Å². The van der Waals surface area contributed by atoms with Gasteiger partial charge in [0.25, 0.3) is 11.5 Å². The summed E-state index contributed by atoms with van der Waals surface area (Å²) in [7, 11) is 0. The summed E-state index contributed by atoms with van der Waals surface area (Å²) in [5.41, 5.74) is 0.0694. The van der Waals surface area contributed by atoms with Crippen LogP contribution < -0.4 is 10.9 Å². The minimum atomic E-state index is -4.66. The van der Waals surface area contributed by atoms with Crippen molar-refractivity contribution in [2.75, 3.05) is 0 Å². The van der Waals surface area contributed by atoms with Gasteiger partial charge >= 0.3 is 6.18 Å². The second kappa shape index (κ2) is 8.99. The second-order valence-corrected chi connectivity index (χ2v) is 6.84. The van der Waals surface area contributed by atoms with E-state index in [1.165, 1.54) is 43.0 Å². The van der Waals surface area contributed by atoms with Crippen LogP contribution in [0.3, 0.4) is 0 Å². The molecule has 11 heteroatoms. The number of hydrogen-bond donors (Lipinski definition) is 2. The maximum Gasteiger partial charge on any atom is 0.433 e. The first-order valence-electron chi connectivity index (χ1n) is 9.58. The third-order valence-electron chi connectivity index (χ3n) is 4.68. The van der Waals surface area contributed by atoms with Gasteiger partial charge in [-0.3, -0.25) is 29.5 Å². The first-order valence-corrected chi connectivity index (χ1v) is 9.58. The fourth-order valence-electron chi connectivity index (χ4n) is 3.12. The predicted molar refractivity (Wildman–Crippen MR) is 112 cm³/mol. The largest absolute Gasteiger partial charge is 0.433 e. The molecule has 33 heavy (non-hydrogen) atoms. The highest BCUT2D eigenvalue weighted by Gasteiger charge is 2.32. The topological polar surface area (TPSA) is 114 Å². The smallest absolute Gasteiger partial charge is 0.347 e. The molecule has 4 aromatic heterocycles. The van der Waals surface area contributed by atoms with Crippen LogP contribution in [-0.4, -0.2) is 30.8 Å². The molecule has 0 aliphatic heterocycles. The molecule has 0 bridgehead atoms. The Morgan fingerprint density at radius 3 is 2.52 bits per heavy atom. The first-order chi connectivity index (χ1) is 15.8. The average molecular weight is 452 g/mol. The summed E-state index contributed by atoms with van der Waals surface area (Å²) in [6.45, 7) is -0.102. The van der Waals surface area contributed by atoms with Crippen molar-refractivity contribution in [3.63, 3.8) is 0 Å². The normalized spacial score (nSPS) is 11.2. The molecule has 0 radical (unpaired) electrons. The van der Waals surface area contributed by atoms with E-state index in [-0.39, 0.29) is 23.4 Å². The van der Waals surface area contributed by atoms with Crippen molar-refractivity contribution in [1.29, 1.82) is 0 Å². The van der Waals surface area contributed by atoms with Gasteiger partial charge < -0.3 is 10.3 Å². The Kier molecular flexibility index (Phi) is 5.94. The molecule has 0 aliphatic carbocycles. The lowest BCUT2D eigenvalue weighted by Gasteiger charge is -2.12. The number of nitrogens with one attached hydrogen (secondary N) is 2. The molecule has 166 valence electrons. The molecular weight excluding hydrogens is 437 g/mol. The summed E-state index contributed by atoms with van der Waals surface area (Å²) in [5, 5.41) is 2.64. The Labute approximate surface area is 184 Å². The number of aromatic nitrogens is 5. The second-order valence-electron chi connectivity index (χ2n) is 6.84. The summed E-state index contributed by atoms with van der Waals surface area (Å²) in [4.78, 5) is 42.9. The van der Waals surface area contributed by atoms with Crippen LogP contribution in [0.25, 0.3) is 22.4 Å². The third kappa shape index (κ3) is 4.92. The van der Waals surface area contributed by atoms with E-state index < -0.39 is 23.3 Å². The summed E-state index contributed by atoms with van der Waals surface area (Å²) < 4.78 is 39.1. The Morgan fingerprint density at radius 2 is 1.82 bits per heavy atom. The number of carbonyl (C=O) groups is 1. The van der Waals surface area contributed by atoms with Gasteiger partial charge in [-0.25, -0.2) is 0 Å². The Morgan fingerprint density at radius 1 is 0.970 bits per heavy atom. The predicted octanol–water partition coefficient (Wildman–Crippen LogP) is 3.24. The van der Waals surface area contributed by atoms with Crippen LogP contribution >= 0.6 is 0 Å². The van der Waals surface area contributed by atoms with Crippen LogP contribution in [-0.2, 0) is 12.7 Å². The minimum Gasteiger partial charge on any atom is -0.347 e. The SMILES string of the molecule is O=C(NCc1cc[nH]c(=O)c1-c1ccnc(C(F)(F)F)c1)c1ccc(-c2cnccn2)cn1. The molecule has 4 aromatic rings. The molecule has 2 N–H and O–H groups in total. The van der Waals surface area contributed by atoms with Crippen LogP contribution in [0.15, 0.2) is 72.3 Å². The Balaban J connectivity index is 1.54. The van der Waals surface area contributed by atoms with Crippen molar-refractivity contribution in [2.45, 2.75) is 12.7 Å². The van der Waals surface area contributed by atoms with Crippen molar-refractivity contribution < 1.29 is 18.0 Å². The number of rotatable bonds is 5. The van der Waals surface area contributed by atoms with Crippen LogP contribution in [0.1, 0.15) is 21.7 Å². The summed E-state index contributed by atoms with van der Waals surface area (Å²) in [6.07, 6.45) is 3.80. The van der Waals surface area contributed by atoms with Gasteiger partial charge in [-0.1, -0.05) is 0 Å². The summed E-state index contributed by atoms with van der Waals surface area (Å²) in [6, 6.07) is 6.78. The molecule has 0 unspecified atom stereocenters. The van der Waals surface area contributed by atoms with E-state index in [1.807, 2.05) is 0 Å². The fraction of sp³-hybridized carbons (Fsp3) is 0.0909. The van der Waals surface area contributed by atoms with E-state index in [0.717, 1.165) is 12.3 Å². The van der Waals surface area contributed by atoms with Gasteiger partial charge in [0.2, 0.25) is 0 Å². The molecular formula is C22H15F3N6O2. The van der Waals surface area contributed by atoms with Crippen LogP contribution in [0.5, 0.6) is 0 Å². The third-order valence-corrected chi connectivity index (χ3v) is 4.68. The molecule has 0 spiro atoms. The van der Waals surface area contributed by atoms with E-state index in [1.54, 1.807) is 12.3 Å². The summed E-state index contributed by atoms with van der Waals surface area (Å²) in [5.74, 6) is -0.516. The number of aromatic amines is 1. The molecule has 4 heterocycles. The average Bonchev–Trinajstić information content (AvgIpc) is 2.83. The maximum absolute atomic E-state index is 13.0. The molecule has 4 rings (SSSR count). The Bertz CT molecular complexity index is 1340. The van der Waals surface area contributed by atoms with Gasteiger partial charge in [-0.05, 0) is 41.5 Å². The first kappa shape index (κ1) is 21.8. The number of nitrogens with zero attached hydrogens (tertiary/aromatic N) is 4. The van der Waals surface area contributed by atoms with Crippen molar-refractivity contribution in [3.05, 3.63) is 94.8 Å². The van der Waals surface area contributed by atoms with E-state index in [2.05, 4.69) is 30.2 Å². The molecule has 0 saturated carbocycles. The van der Waals surface area contributed by atoms with E-state index in [9.17, 15) is 22.8 Å². The van der Waals surface area contributed by atoms with Crippen molar-refractivity contribution >= 4 is 5.91 Å². The van der Waals surface area contributed by atoms with E-state index in [4.69, 9.17) is 0 Å². The van der Waals surface area contributed by atoms with Gasteiger partial charge in [0, 0.05) is 43.1 Å². The lowest BCUT2D eigenvalue weighted by molar-refractivity contribution is -0.141. The monoisotopic (exact) mass is 452 g/mol. The fourth-order valence-corrected chi connectivity index (χ4v) is 3.12. The maximum atomic E-state index is 13.0. The minimum absolute atomic E-state index is 0.0108. The molecule has 0 saturated heterocycles. The van der Waals surface area contributed by atoms with Gasteiger partial charge in [0.15, 0.2) is 0 Å². The van der Waals surface area contributed by atoms with E-state index >= 15 is 0 Å². The van der Waals surface area contributed by atoms with Crippen LogP contribution in [0.2, 0.25) is 0 Å². The number of amides is 1. The van der Waals surface area contributed by atoms with Crippen molar-refractivity contribution in [3.8, 4) is 22.4 Å².